The second-order valence-corrected chi connectivity index (χ2v) is 5.03. The van der Waals surface area contributed by atoms with Gasteiger partial charge in [0.05, 0.1) is 11.8 Å². The van der Waals surface area contributed by atoms with E-state index in [1.54, 1.807) is 24.3 Å². The molecule has 1 aliphatic rings. The molecule has 17 heavy (non-hydrogen) atoms. The van der Waals surface area contributed by atoms with Crippen LogP contribution in [0, 0.1) is 5.92 Å². The maximum Gasteiger partial charge on any atom is 0.302 e. The first-order chi connectivity index (χ1) is 7.93. The molecule has 0 amide bonds. The normalized spacial score (nSPS) is 25.4. The van der Waals surface area contributed by atoms with Gasteiger partial charge in [0, 0.05) is 11.4 Å². The first kappa shape index (κ1) is 12.5. The summed E-state index contributed by atoms with van der Waals surface area (Å²) in [6.07, 6.45) is 0. The largest absolute Gasteiger partial charge is 0.465 e. The Labute approximate surface area is 106 Å². The molecule has 0 N–H and O–H groups in total. The number of rotatable bonds is 3. The molecule has 0 spiro atoms. The molecule has 0 heterocycles. The van der Waals surface area contributed by atoms with Crippen LogP contribution in [0.5, 0.6) is 0 Å². The van der Waals surface area contributed by atoms with E-state index in [1.165, 1.54) is 6.92 Å². The number of ether oxygens (including phenoxy) is 1. The van der Waals surface area contributed by atoms with Crippen LogP contribution in [0.1, 0.15) is 18.4 Å². The van der Waals surface area contributed by atoms with E-state index in [0.29, 0.717) is 5.56 Å². The summed E-state index contributed by atoms with van der Waals surface area (Å²) in [7, 11) is 0. The van der Waals surface area contributed by atoms with Crippen LogP contribution < -0.4 is 0 Å². The highest BCUT2D eigenvalue weighted by Gasteiger charge is 2.69. The Hall–Kier alpha value is -0.970. The average molecular weight is 305 g/mol. The monoisotopic (exact) mass is 304 g/mol. The highest BCUT2D eigenvalue weighted by atomic mass is 79.9. The Balaban J connectivity index is 2.07. The fourth-order valence-electron chi connectivity index (χ4n) is 1.93. The van der Waals surface area contributed by atoms with Crippen molar-refractivity contribution >= 4 is 21.9 Å². The van der Waals surface area contributed by atoms with Crippen LogP contribution in [-0.2, 0) is 9.53 Å². The molecule has 0 saturated heterocycles. The van der Waals surface area contributed by atoms with Gasteiger partial charge in [-0.15, -0.1) is 0 Å². The molecular formula is C12H11BrF2O2. The molecule has 92 valence electrons. The maximum absolute atomic E-state index is 13.5. The predicted molar refractivity (Wildman–Crippen MR) is 62.0 cm³/mol. The van der Waals surface area contributed by atoms with Crippen LogP contribution >= 0.6 is 15.9 Å². The van der Waals surface area contributed by atoms with Gasteiger partial charge in [0.2, 0.25) is 0 Å². The molecule has 1 aliphatic carbocycles. The van der Waals surface area contributed by atoms with Gasteiger partial charge >= 0.3 is 5.97 Å². The van der Waals surface area contributed by atoms with Crippen molar-refractivity contribution in [1.29, 1.82) is 0 Å². The van der Waals surface area contributed by atoms with E-state index in [0.717, 1.165) is 4.47 Å². The van der Waals surface area contributed by atoms with E-state index in [2.05, 4.69) is 20.7 Å². The number of alkyl halides is 2. The minimum Gasteiger partial charge on any atom is -0.465 e. The molecule has 2 atom stereocenters. The van der Waals surface area contributed by atoms with Crippen molar-refractivity contribution in [3.05, 3.63) is 34.3 Å². The summed E-state index contributed by atoms with van der Waals surface area (Å²) in [5.74, 6) is -5.03. The van der Waals surface area contributed by atoms with Crippen molar-refractivity contribution in [3.63, 3.8) is 0 Å². The van der Waals surface area contributed by atoms with Crippen molar-refractivity contribution in [2.24, 2.45) is 5.92 Å². The van der Waals surface area contributed by atoms with Crippen LogP contribution in [0.3, 0.4) is 0 Å². The molecule has 1 fully saturated rings. The molecule has 0 unspecified atom stereocenters. The van der Waals surface area contributed by atoms with Gasteiger partial charge in [0.15, 0.2) is 0 Å². The molecule has 0 radical (unpaired) electrons. The highest BCUT2D eigenvalue weighted by Crippen LogP contribution is 2.61. The quantitative estimate of drug-likeness (QED) is 0.800. The SMILES string of the molecule is CC(=O)OC[C@@H]1[C@@H](c2ccc(Br)cc2)C1(F)F. The predicted octanol–water partition coefficient (Wildman–Crippen LogP) is 3.36. The van der Waals surface area contributed by atoms with Crippen LogP contribution in [-0.4, -0.2) is 18.5 Å². The fraction of sp³-hybridized carbons (Fsp3) is 0.417. The van der Waals surface area contributed by atoms with E-state index in [4.69, 9.17) is 0 Å². The summed E-state index contributed by atoms with van der Waals surface area (Å²) in [6.45, 7) is 0.998. The summed E-state index contributed by atoms with van der Waals surface area (Å²) in [6, 6.07) is 6.78. The van der Waals surface area contributed by atoms with Gasteiger partial charge in [-0.2, -0.15) is 0 Å². The number of halogens is 3. The van der Waals surface area contributed by atoms with Gasteiger partial charge in [-0.25, -0.2) is 8.78 Å². The molecule has 0 aliphatic heterocycles. The van der Waals surface area contributed by atoms with Crippen molar-refractivity contribution in [1.82, 2.24) is 0 Å². The van der Waals surface area contributed by atoms with E-state index in [-0.39, 0.29) is 6.61 Å². The minimum atomic E-state index is -2.77. The lowest BCUT2D eigenvalue weighted by molar-refractivity contribution is -0.142. The second-order valence-electron chi connectivity index (χ2n) is 4.11. The molecule has 5 heteroatoms. The topological polar surface area (TPSA) is 26.3 Å². The van der Waals surface area contributed by atoms with Gasteiger partial charge in [0.1, 0.15) is 6.61 Å². The third-order valence-corrected chi connectivity index (χ3v) is 3.43. The highest BCUT2D eigenvalue weighted by molar-refractivity contribution is 9.10. The zero-order chi connectivity index (χ0) is 12.6. The molecule has 2 nitrogen and oxygen atoms in total. The summed E-state index contributed by atoms with van der Waals surface area (Å²) in [4.78, 5) is 10.6. The molecule has 0 bridgehead atoms. The molecule has 1 aromatic rings. The summed E-state index contributed by atoms with van der Waals surface area (Å²) in [5, 5.41) is 0. The van der Waals surface area contributed by atoms with Crippen LogP contribution in [0.25, 0.3) is 0 Å². The number of benzene rings is 1. The number of carbonyl (C=O) groups is 1. The van der Waals surface area contributed by atoms with Gasteiger partial charge in [-0.05, 0) is 17.7 Å². The van der Waals surface area contributed by atoms with Gasteiger partial charge in [-0.1, -0.05) is 28.1 Å². The number of hydrogen-bond donors (Lipinski definition) is 0. The van der Waals surface area contributed by atoms with Gasteiger partial charge in [-0.3, -0.25) is 4.79 Å². The van der Waals surface area contributed by atoms with E-state index < -0.39 is 23.7 Å². The molecular weight excluding hydrogens is 294 g/mol. The van der Waals surface area contributed by atoms with Gasteiger partial charge < -0.3 is 4.74 Å². The van der Waals surface area contributed by atoms with E-state index in [1.807, 2.05) is 0 Å². The molecule has 0 aromatic heterocycles. The second kappa shape index (κ2) is 4.37. The van der Waals surface area contributed by atoms with Crippen molar-refractivity contribution in [2.75, 3.05) is 6.61 Å². The Morgan fingerprint density at radius 3 is 2.53 bits per heavy atom. The zero-order valence-corrected chi connectivity index (χ0v) is 10.7. The van der Waals surface area contributed by atoms with Crippen LogP contribution in [0.4, 0.5) is 8.78 Å². The lowest BCUT2D eigenvalue weighted by Gasteiger charge is -1.99. The standard InChI is InChI=1S/C12H11BrF2O2/c1-7(16)17-6-10-11(12(10,14)15)8-2-4-9(13)5-3-8/h2-5,10-11H,6H2,1H3/t10-,11-/m1/s1. The Morgan fingerprint density at radius 1 is 1.41 bits per heavy atom. The summed E-state index contributed by atoms with van der Waals surface area (Å²) >= 11 is 3.25. The first-order valence-corrected chi connectivity index (χ1v) is 5.99. The Kier molecular flexibility index (Phi) is 3.21. The van der Waals surface area contributed by atoms with Crippen molar-refractivity contribution in [2.45, 2.75) is 18.8 Å². The molecule has 1 aromatic carbocycles. The minimum absolute atomic E-state index is 0.219. The average Bonchev–Trinajstić information content (AvgIpc) is 2.79. The summed E-state index contributed by atoms with van der Waals surface area (Å²) in [5.41, 5.74) is 0.579. The Bertz CT molecular complexity index is 431. The van der Waals surface area contributed by atoms with Gasteiger partial charge in [0.25, 0.3) is 5.92 Å². The lowest BCUT2D eigenvalue weighted by Crippen LogP contribution is -2.06. The lowest BCUT2D eigenvalue weighted by atomic mass is 10.1. The summed E-state index contributed by atoms with van der Waals surface area (Å²) < 4.78 is 32.5. The van der Waals surface area contributed by atoms with E-state index in [9.17, 15) is 13.6 Å². The number of esters is 1. The number of carbonyl (C=O) groups excluding carboxylic acids is 1. The van der Waals surface area contributed by atoms with E-state index >= 15 is 0 Å². The van der Waals surface area contributed by atoms with Crippen LogP contribution in [0.2, 0.25) is 0 Å². The number of hydrogen-bond acceptors (Lipinski definition) is 2. The van der Waals surface area contributed by atoms with Crippen molar-refractivity contribution in [3.8, 4) is 0 Å². The maximum atomic E-state index is 13.5. The molecule has 1 saturated carbocycles. The third kappa shape index (κ3) is 2.49. The van der Waals surface area contributed by atoms with Crippen LogP contribution in [0.15, 0.2) is 28.7 Å². The zero-order valence-electron chi connectivity index (χ0n) is 9.12. The fourth-order valence-corrected chi connectivity index (χ4v) is 2.19. The third-order valence-electron chi connectivity index (χ3n) is 2.90. The first-order valence-electron chi connectivity index (χ1n) is 5.19. The van der Waals surface area contributed by atoms with Crippen molar-refractivity contribution < 1.29 is 18.3 Å². The Morgan fingerprint density at radius 2 is 2.00 bits per heavy atom. The molecule has 2 rings (SSSR count). The smallest absolute Gasteiger partial charge is 0.302 e.